The summed E-state index contributed by atoms with van der Waals surface area (Å²) in [4.78, 5) is 28.5. The lowest BCUT2D eigenvalue weighted by atomic mass is 10.2. The molecule has 0 saturated heterocycles. The van der Waals surface area contributed by atoms with E-state index in [1.807, 2.05) is 38.4 Å². The number of anilines is 2. The smallest absolute Gasteiger partial charge is 0.265 e. The van der Waals surface area contributed by atoms with Crippen LogP contribution in [0.15, 0.2) is 42.5 Å². The Morgan fingerprint density at radius 1 is 1.20 bits per heavy atom. The van der Waals surface area contributed by atoms with Crippen molar-refractivity contribution in [3.8, 4) is 11.5 Å². The normalized spacial score (nSPS) is 13.1. The summed E-state index contributed by atoms with van der Waals surface area (Å²) in [5.74, 6) is 0.948. The van der Waals surface area contributed by atoms with E-state index in [0.717, 1.165) is 19.4 Å². The van der Waals surface area contributed by atoms with E-state index in [2.05, 4.69) is 17.1 Å². The molecule has 0 atom stereocenters. The summed E-state index contributed by atoms with van der Waals surface area (Å²) >= 11 is 0. The first kappa shape index (κ1) is 21.6. The fraction of sp³-hybridized carbons (Fsp3) is 0.391. The molecule has 160 valence electrons. The second-order valence-corrected chi connectivity index (χ2v) is 7.51. The van der Waals surface area contributed by atoms with Gasteiger partial charge in [0.15, 0.2) is 13.2 Å². The SMILES string of the molecule is CCc1ccc(OCC(=O)Nc2ccc3c(c2)N(CCCN(C)C)C(=O)CO3)cc1. The summed E-state index contributed by atoms with van der Waals surface area (Å²) in [5, 5.41) is 2.83. The Labute approximate surface area is 177 Å². The van der Waals surface area contributed by atoms with Gasteiger partial charge >= 0.3 is 0 Å². The van der Waals surface area contributed by atoms with Crippen molar-refractivity contribution >= 4 is 23.2 Å². The molecule has 1 heterocycles. The molecule has 0 aliphatic carbocycles. The van der Waals surface area contributed by atoms with Crippen molar-refractivity contribution < 1.29 is 19.1 Å². The molecule has 1 N–H and O–H groups in total. The number of hydrogen-bond donors (Lipinski definition) is 1. The first-order chi connectivity index (χ1) is 14.5. The molecule has 0 radical (unpaired) electrons. The van der Waals surface area contributed by atoms with Gasteiger partial charge in [0.25, 0.3) is 11.8 Å². The molecule has 3 rings (SSSR count). The van der Waals surface area contributed by atoms with Gasteiger partial charge in [-0.3, -0.25) is 9.59 Å². The van der Waals surface area contributed by atoms with Crippen LogP contribution in [-0.4, -0.2) is 57.1 Å². The Bertz CT molecular complexity index is 881. The van der Waals surface area contributed by atoms with Crippen molar-refractivity contribution in [1.29, 1.82) is 0 Å². The van der Waals surface area contributed by atoms with Crippen molar-refractivity contribution in [2.45, 2.75) is 19.8 Å². The van der Waals surface area contributed by atoms with Crippen LogP contribution in [-0.2, 0) is 16.0 Å². The van der Waals surface area contributed by atoms with Gasteiger partial charge in [0.2, 0.25) is 0 Å². The minimum absolute atomic E-state index is 0.0331. The Morgan fingerprint density at radius 3 is 2.67 bits per heavy atom. The van der Waals surface area contributed by atoms with Crippen LogP contribution in [0.2, 0.25) is 0 Å². The molecule has 0 bridgehead atoms. The fourth-order valence-corrected chi connectivity index (χ4v) is 3.24. The van der Waals surface area contributed by atoms with Crippen LogP contribution < -0.4 is 19.7 Å². The van der Waals surface area contributed by atoms with Gasteiger partial charge in [-0.15, -0.1) is 0 Å². The van der Waals surface area contributed by atoms with E-state index >= 15 is 0 Å². The highest BCUT2D eigenvalue weighted by molar-refractivity contribution is 5.99. The molecule has 2 aromatic carbocycles. The highest BCUT2D eigenvalue weighted by atomic mass is 16.5. The Morgan fingerprint density at radius 2 is 1.97 bits per heavy atom. The number of nitrogens with zero attached hydrogens (tertiary/aromatic N) is 2. The van der Waals surface area contributed by atoms with Crippen molar-refractivity contribution in [2.75, 3.05) is 50.6 Å². The summed E-state index contributed by atoms with van der Waals surface area (Å²) < 4.78 is 11.1. The van der Waals surface area contributed by atoms with Gasteiger partial charge in [0.1, 0.15) is 11.5 Å². The van der Waals surface area contributed by atoms with Crippen LogP contribution in [0.3, 0.4) is 0 Å². The molecule has 2 amide bonds. The zero-order valence-corrected chi connectivity index (χ0v) is 17.8. The van der Waals surface area contributed by atoms with Gasteiger partial charge in [0, 0.05) is 12.2 Å². The number of ether oxygens (including phenoxy) is 2. The lowest BCUT2D eigenvalue weighted by Gasteiger charge is -2.30. The molecule has 0 spiro atoms. The lowest BCUT2D eigenvalue weighted by Crippen LogP contribution is -2.40. The molecule has 0 fully saturated rings. The fourth-order valence-electron chi connectivity index (χ4n) is 3.24. The van der Waals surface area contributed by atoms with Crippen LogP contribution >= 0.6 is 0 Å². The topological polar surface area (TPSA) is 71.1 Å². The number of hydrogen-bond acceptors (Lipinski definition) is 5. The minimum Gasteiger partial charge on any atom is -0.484 e. The number of fused-ring (bicyclic) bond motifs is 1. The average molecular weight is 412 g/mol. The number of amides is 2. The van der Waals surface area contributed by atoms with E-state index < -0.39 is 0 Å². The molecule has 7 heteroatoms. The van der Waals surface area contributed by atoms with E-state index in [1.165, 1.54) is 5.56 Å². The Balaban J connectivity index is 1.61. The van der Waals surface area contributed by atoms with Crippen LogP contribution in [0.5, 0.6) is 11.5 Å². The number of carbonyl (C=O) groups excluding carboxylic acids is 2. The third kappa shape index (κ3) is 5.73. The van der Waals surface area contributed by atoms with E-state index in [-0.39, 0.29) is 25.0 Å². The number of carbonyl (C=O) groups is 2. The molecular weight excluding hydrogens is 382 g/mol. The second kappa shape index (κ2) is 10.1. The zero-order chi connectivity index (χ0) is 21.5. The number of aryl methyl sites for hydroxylation is 1. The monoisotopic (exact) mass is 411 g/mol. The van der Waals surface area contributed by atoms with Gasteiger partial charge < -0.3 is 24.6 Å². The third-order valence-corrected chi connectivity index (χ3v) is 4.87. The second-order valence-electron chi connectivity index (χ2n) is 7.51. The molecular formula is C23H29N3O4. The zero-order valence-electron chi connectivity index (χ0n) is 17.8. The van der Waals surface area contributed by atoms with Crippen molar-refractivity contribution in [3.63, 3.8) is 0 Å². The predicted molar refractivity (Wildman–Crippen MR) is 117 cm³/mol. The highest BCUT2D eigenvalue weighted by Gasteiger charge is 2.25. The maximum Gasteiger partial charge on any atom is 0.265 e. The summed E-state index contributed by atoms with van der Waals surface area (Å²) in [6.07, 6.45) is 1.80. The average Bonchev–Trinajstić information content (AvgIpc) is 2.74. The van der Waals surface area contributed by atoms with E-state index in [1.54, 1.807) is 23.1 Å². The molecule has 30 heavy (non-hydrogen) atoms. The Kier molecular flexibility index (Phi) is 7.30. The third-order valence-electron chi connectivity index (χ3n) is 4.87. The molecule has 0 aromatic heterocycles. The predicted octanol–water partition coefficient (Wildman–Crippen LogP) is 2.94. The summed E-state index contributed by atoms with van der Waals surface area (Å²) in [7, 11) is 4.01. The van der Waals surface area contributed by atoms with E-state index in [4.69, 9.17) is 9.47 Å². The first-order valence-electron chi connectivity index (χ1n) is 10.2. The van der Waals surface area contributed by atoms with E-state index in [0.29, 0.717) is 29.4 Å². The first-order valence-corrected chi connectivity index (χ1v) is 10.2. The maximum atomic E-state index is 12.4. The minimum atomic E-state index is -0.267. The molecule has 1 aliphatic rings. The summed E-state index contributed by atoms with van der Waals surface area (Å²) in [5.41, 5.74) is 2.49. The van der Waals surface area contributed by atoms with Crippen molar-refractivity contribution in [2.24, 2.45) is 0 Å². The van der Waals surface area contributed by atoms with Crippen LogP contribution in [0.4, 0.5) is 11.4 Å². The van der Waals surface area contributed by atoms with Crippen LogP contribution in [0.1, 0.15) is 18.9 Å². The summed E-state index contributed by atoms with van der Waals surface area (Å²) in [6, 6.07) is 13.0. The quantitative estimate of drug-likeness (QED) is 0.687. The van der Waals surface area contributed by atoms with Crippen LogP contribution in [0, 0.1) is 0 Å². The van der Waals surface area contributed by atoms with Gasteiger partial charge in [0.05, 0.1) is 5.69 Å². The summed E-state index contributed by atoms with van der Waals surface area (Å²) in [6.45, 7) is 3.51. The number of benzene rings is 2. The number of rotatable bonds is 9. The van der Waals surface area contributed by atoms with Crippen LogP contribution in [0.25, 0.3) is 0 Å². The van der Waals surface area contributed by atoms with Crippen molar-refractivity contribution in [1.82, 2.24) is 4.90 Å². The molecule has 7 nitrogen and oxygen atoms in total. The van der Waals surface area contributed by atoms with E-state index in [9.17, 15) is 9.59 Å². The van der Waals surface area contributed by atoms with Crippen molar-refractivity contribution in [3.05, 3.63) is 48.0 Å². The molecule has 1 aliphatic heterocycles. The number of nitrogens with one attached hydrogen (secondary N) is 1. The molecule has 0 unspecified atom stereocenters. The van der Waals surface area contributed by atoms with Gasteiger partial charge in [-0.2, -0.15) is 0 Å². The molecule has 0 saturated carbocycles. The maximum absolute atomic E-state index is 12.4. The Hall–Kier alpha value is -3.06. The van der Waals surface area contributed by atoms with Gasteiger partial charge in [-0.05, 0) is 69.4 Å². The molecule has 2 aromatic rings. The highest BCUT2D eigenvalue weighted by Crippen LogP contribution is 2.34. The largest absolute Gasteiger partial charge is 0.484 e. The lowest BCUT2D eigenvalue weighted by molar-refractivity contribution is -0.121. The standard InChI is InChI=1S/C23H29N3O4/c1-4-17-6-9-19(10-7-17)29-15-22(27)24-18-8-11-21-20(14-18)26(23(28)16-30-21)13-5-12-25(2)3/h6-11,14H,4-5,12-13,15-16H2,1-3H3,(H,24,27). The van der Waals surface area contributed by atoms with Gasteiger partial charge in [-0.25, -0.2) is 0 Å². The van der Waals surface area contributed by atoms with Gasteiger partial charge in [-0.1, -0.05) is 19.1 Å².